The van der Waals surface area contributed by atoms with Gasteiger partial charge in [-0.25, -0.2) is 0 Å². The molecule has 0 amide bonds. The number of rotatable bonds is 4. The molecule has 0 saturated carbocycles. The highest BCUT2D eigenvalue weighted by Gasteiger charge is 2.14. The molecule has 20 heavy (non-hydrogen) atoms. The zero-order valence-corrected chi connectivity index (χ0v) is 12.0. The van der Waals surface area contributed by atoms with Gasteiger partial charge in [0, 0.05) is 23.3 Å². The Morgan fingerprint density at radius 2 is 1.65 bits per heavy atom. The third-order valence-corrected chi connectivity index (χ3v) is 4.23. The summed E-state index contributed by atoms with van der Waals surface area (Å²) in [6.07, 6.45) is 0. The number of fused-ring (bicyclic) bond motifs is 1. The summed E-state index contributed by atoms with van der Waals surface area (Å²) in [6.45, 7) is 1.20. The Hall–Kier alpha value is -1.81. The van der Waals surface area contributed by atoms with Crippen molar-refractivity contribution in [3.63, 3.8) is 0 Å². The lowest BCUT2D eigenvalue weighted by atomic mass is 10.2. The topological polar surface area (TPSA) is 44.5 Å². The third kappa shape index (κ3) is 3.02. The maximum absolute atomic E-state index is 6.08. The van der Waals surface area contributed by atoms with Crippen molar-refractivity contribution < 1.29 is 9.47 Å². The zero-order valence-electron chi connectivity index (χ0n) is 11.2. The molecular weight excluding hydrogens is 270 g/mol. The van der Waals surface area contributed by atoms with Crippen molar-refractivity contribution >= 4 is 17.4 Å². The lowest BCUT2D eigenvalue weighted by molar-refractivity contribution is 0.171. The van der Waals surface area contributed by atoms with Crippen LogP contribution in [0.1, 0.15) is 11.1 Å². The van der Waals surface area contributed by atoms with E-state index in [9.17, 15) is 0 Å². The van der Waals surface area contributed by atoms with E-state index >= 15 is 0 Å². The molecule has 3 nitrogen and oxygen atoms in total. The second-order valence-corrected chi connectivity index (χ2v) is 5.66. The molecule has 0 aromatic heterocycles. The molecule has 1 aliphatic rings. The number of thioether (sulfide) groups is 1. The molecule has 3 rings (SSSR count). The zero-order chi connectivity index (χ0) is 13.8. The number of hydrogen-bond donors (Lipinski definition) is 1. The van der Waals surface area contributed by atoms with E-state index in [0.29, 0.717) is 13.2 Å². The van der Waals surface area contributed by atoms with Gasteiger partial charge in [-0.3, -0.25) is 0 Å². The molecule has 1 aliphatic heterocycles. The van der Waals surface area contributed by atoms with Crippen LogP contribution in [0.15, 0.2) is 42.5 Å². The van der Waals surface area contributed by atoms with Crippen LogP contribution >= 0.6 is 11.8 Å². The first-order valence-corrected chi connectivity index (χ1v) is 7.78. The van der Waals surface area contributed by atoms with Crippen molar-refractivity contribution in [1.29, 1.82) is 0 Å². The molecule has 1 heterocycles. The van der Waals surface area contributed by atoms with Crippen LogP contribution in [0.2, 0.25) is 0 Å². The Morgan fingerprint density at radius 1 is 0.950 bits per heavy atom. The molecule has 0 saturated heterocycles. The van der Waals surface area contributed by atoms with Gasteiger partial charge in [-0.15, -0.1) is 0 Å². The molecule has 104 valence electrons. The van der Waals surface area contributed by atoms with Gasteiger partial charge < -0.3 is 15.2 Å². The molecule has 2 aromatic rings. The summed E-state index contributed by atoms with van der Waals surface area (Å²) >= 11 is 1.85. The summed E-state index contributed by atoms with van der Waals surface area (Å²) in [4.78, 5) is 0. The second-order valence-electron chi connectivity index (χ2n) is 4.67. The summed E-state index contributed by atoms with van der Waals surface area (Å²) in [5.74, 6) is 3.41. The van der Waals surface area contributed by atoms with Gasteiger partial charge in [0.25, 0.3) is 0 Å². The summed E-state index contributed by atoms with van der Waals surface area (Å²) < 4.78 is 11.1. The van der Waals surface area contributed by atoms with Crippen LogP contribution in [0, 0.1) is 0 Å². The van der Waals surface area contributed by atoms with Gasteiger partial charge >= 0.3 is 0 Å². The lowest BCUT2D eigenvalue weighted by Gasteiger charge is -2.20. The lowest BCUT2D eigenvalue weighted by Crippen LogP contribution is -2.15. The van der Waals surface area contributed by atoms with Crippen LogP contribution in [-0.2, 0) is 11.5 Å². The van der Waals surface area contributed by atoms with E-state index in [1.165, 1.54) is 5.56 Å². The summed E-state index contributed by atoms with van der Waals surface area (Å²) in [5.41, 5.74) is 9.28. The Labute approximate surface area is 123 Å². The molecule has 0 aliphatic carbocycles. The van der Waals surface area contributed by atoms with Gasteiger partial charge in [0.15, 0.2) is 11.5 Å². The number of anilines is 1. The SMILES string of the molecule is Nc1cc2c(cc1CSCc1ccccc1)OCCO2. The number of nitrogen functional groups attached to an aromatic ring is 1. The normalized spacial score (nSPS) is 13.2. The maximum Gasteiger partial charge on any atom is 0.163 e. The van der Waals surface area contributed by atoms with Crippen molar-refractivity contribution in [2.75, 3.05) is 18.9 Å². The van der Waals surface area contributed by atoms with E-state index in [1.807, 2.05) is 30.0 Å². The maximum atomic E-state index is 6.08. The first-order chi connectivity index (χ1) is 9.83. The van der Waals surface area contributed by atoms with Crippen LogP contribution in [0.25, 0.3) is 0 Å². The van der Waals surface area contributed by atoms with E-state index in [4.69, 9.17) is 15.2 Å². The molecule has 0 bridgehead atoms. The second kappa shape index (κ2) is 6.09. The van der Waals surface area contributed by atoms with E-state index in [0.717, 1.165) is 34.3 Å². The summed E-state index contributed by atoms with van der Waals surface area (Å²) in [6, 6.07) is 14.3. The van der Waals surface area contributed by atoms with Crippen molar-refractivity contribution in [2.24, 2.45) is 0 Å². The van der Waals surface area contributed by atoms with E-state index in [1.54, 1.807) is 0 Å². The van der Waals surface area contributed by atoms with Crippen molar-refractivity contribution in [3.8, 4) is 11.5 Å². The van der Waals surface area contributed by atoms with Crippen LogP contribution in [-0.4, -0.2) is 13.2 Å². The Morgan fingerprint density at radius 3 is 2.40 bits per heavy atom. The summed E-state index contributed by atoms with van der Waals surface area (Å²) in [7, 11) is 0. The molecule has 4 heteroatoms. The van der Waals surface area contributed by atoms with Crippen molar-refractivity contribution in [2.45, 2.75) is 11.5 Å². The Bertz CT molecular complexity index is 587. The van der Waals surface area contributed by atoms with E-state index in [2.05, 4.69) is 24.3 Å². The molecule has 0 unspecified atom stereocenters. The van der Waals surface area contributed by atoms with Gasteiger partial charge in [0.2, 0.25) is 0 Å². The van der Waals surface area contributed by atoms with Crippen molar-refractivity contribution in [3.05, 3.63) is 53.6 Å². The minimum atomic E-state index is 0.592. The minimum Gasteiger partial charge on any atom is -0.486 e. The first kappa shape index (κ1) is 13.2. The smallest absolute Gasteiger partial charge is 0.163 e. The first-order valence-electron chi connectivity index (χ1n) is 6.62. The van der Waals surface area contributed by atoms with Gasteiger partial charge in [-0.05, 0) is 17.2 Å². The van der Waals surface area contributed by atoms with Crippen LogP contribution in [0.4, 0.5) is 5.69 Å². The van der Waals surface area contributed by atoms with Gasteiger partial charge in [0.05, 0.1) is 0 Å². The molecule has 0 fully saturated rings. The summed E-state index contributed by atoms with van der Waals surface area (Å²) in [5, 5.41) is 0. The highest BCUT2D eigenvalue weighted by Crippen LogP contribution is 2.36. The van der Waals surface area contributed by atoms with Crippen LogP contribution in [0.5, 0.6) is 11.5 Å². The molecule has 0 atom stereocenters. The minimum absolute atomic E-state index is 0.592. The van der Waals surface area contributed by atoms with Crippen LogP contribution < -0.4 is 15.2 Å². The Balaban J connectivity index is 1.65. The standard InChI is InChI=1S/C16H17NO2S/c17-14-9-16-15(18-6-7-19-16)8-13(14)11-20-10-12-4-2-1-3-5-12/h1-5,8-9H,6-7,10-11,17H2. The average Bonchev–Trinajstić information content (AvgIpc) is 2.49. The average molecular weight is 287 g/mol. The van der Waals surface area contributed by atoms with Crippen molar-refractivity contribution in [1.82, 2.24) is 0 Å². The number of benzene rings is 2. The molecule has 2 N–H and O–H groups in total. The van der Waals surface area contributed by atoms with Gasteiger partial charge in [-0.1, -0.05) is 30.3 Å². The molecule has 0 radical (unpaired) electrons. The highest BCUT2D eigenvalue weighted by atomic mass is 32.2. The monoisotopic (exact) mass is 287 g/mol. The number of nitrogens with two attached hydrogens (primary N) is 1. The fourth-order valence-corrected chi connectivity index (χ4v) is 3.12. The predicted molar refractivity (Wildman–Crippen MR) is 83.3 cm³/mol. The predicted octanol–water partition coefficient (Wildman–Crippen LogP) is 3.47. The molecule has 0 spiro atoms. The fourth-order valence-electron chi connectivity index (χ4n) is 2.12. The molecular formula is C16H17NO2S. The van der Waals surface area contributed by atoms with E-state index < -0.39 is 0 Å². The van der Waals surface area contributed by atoms with Gasteiger partial charge in [0.1, 0.15) is 13.2 Å². The number of hydrogen-bond acceptors (Lipinski definition) is 4. The van der Waals surface area contributed by atoms with Crippen LogP contribution in [0.3, 0.4) is 0 Å². The number of ether oxygens (including phenoxy) is 2. The van der Waals surface area contributed by atoms with Gasteiger partial charge in [-0.2, -0.15) is 11.8 Å². The quantitative estimate of drug-likeness (QED) is 0.875. The fraction of sp³-hybridized carbons (Fsp3) is 0.250. The largest absolute Gasteiger partial charge is 0.486 e. The van der Waals surface area contributed by atoms with E-state index in [-0.39, 0.29) is 0 Å². The third-order valence-electron chi connectivity index (χ3n) is 3.17. The molecule has 2 aromatic carbocycles. The Kier molecular flexibility index (Phi) is 4.02. The highest BCUT2D eigenvalue weighted by molar-refractivity contribution is 7.97.